The fourth-order valence-electron chi connectivity index (χ4n) is 3.85. The molecule has 1 heterocycles. The summed E-state index contributed by atoms with van der Waals surface area (Å²) in [7, 11) is 0. The molecular formula is C25H37N5O5S2. The topological polar surface area (TPSA) is 166 Å². The summed E-state index contributed by atoms with van der Waals surface area (Å²) in [6.45, 7) is 3.72. The third-order valence-corrected chi connectivity index (χ3v) is 6.84. The molecule has 2 aromatic rings. The fourth-order valence-corrected chi connectivity index (χ4v) is 4.57. The average Bonchev–Trinajstić information content (AvgIpc) is 3.26. The molecule has 0 bridgehead atoms. The Hall–Kier alpha value is -2.70. The summed E-state index contributed by atoms with van der Waals surface area (Å²) in [5, 5.41) is 18.2. The number of hydrogen-bond acceptors (Lipinski definition) is 7. The van der Waals surface area contributed by atoms with Crippen LogP contribution in [0.4, 0.5) is 0 Å². The lowest BCUT2D eigenvalue weighted by Gasteiger charge is -2.25. The Bertz CT molecular complexity index is 1080. The number of nitrogens with two attached hydrogens (primary N) is 1. The smallest absolute Gasteiger partial charge is 0.326 e. The quantitative estimate of drug-likeness (QED) is 0.164. The van der Waals surface area contributed by atoms with Gasteiger partial charge in [0.1, 0.15) is 18.1 Å². The SMILES string of the molecule is CSCCC(NC(=O)C(CS)NC(=O)C(N)Cc1c[nH]c2ccccc12)C(=O)NC(CC(C)C)C(=O)O. The van der Waals surface area contributed by atoms with Crippen LogP contribution in [0, 0.1) is 5.92 Å². The first-order valence-electron chi connectivity index (χ1n) is 12.1. The summed E-state index contributed by atoms with van der Waals surface area (Å²) in [6, 6.07) is 3.71. The molecule has 0 spiro atoms. The van der Waals surface area contributed by atoms with Crippen molar-refractivity contribution in [3.8, 4) is 0 Å². The molecular weight excluding hydrogens is 514 g/mol. The number of rotatable bonds is 15. The van der Waals surface area contributed by atoms with Crippen LogP contribution in [0.2, 0.25) is 0 Å². The number of H-pyrrole nitrogens is 1. The van der Waals surface area contributed by atoms with Gasteiger partial charge in [0, 0.05) is 22.9 Å². The van der Waals surface area contributed by atoms with E-state index in [1.807, 2.05) is 44.4 Å². The van der Waals surface area contributed by atoms with Gasteiger partial charge >= 0.3 is 5.97 Å². The predicted octanol–water partition coefficient (Wildman–Crippen LogP) is 1.31. The number of amides is 3. The number of carbonyl (C=O) groups is 4. The van der Waals surface area contributed by atoms with E-state index in [0.717, 1.165) is 16.5 Å². The monoisotopic (exact) mass is 551 g/mol. The first kappa shape index (κ1) is 30.5. The van der Waals surface area contributed by atoms with E-state index < -0.39 is 47.9 Å². The number of aliphatic carboxylic acids is 1. The molecule has 12 heteroatoms. The molecule has 0 saturated carbocycles. The lowest BCUT2D eigenvalue weighted by Crippen LogP contribution is -2.58. The van der Waals surface area contributed by atoms with Crippen LogP contribution in [0.5, 0.6) is 0 Å². The fraction of sp³-hybridized carbons (Fsp3) is 0.520. The predicted molar refractivity (Wildman–Crippen MR) is 150 cm³/mol. The molecule has 1 aromatic heterocycles. The Morgan fingerprint density at radius 3 is 2.27 bits per heavy atom. The Kier molecular flexibility index (Phi) is 12.3. The van der Waals surface area contributed by atoms with Crippen LogP contribution < -0.4 is 21.7 Å². The van der Waals surface area contributed by atoms with Crippen molar-refractivity contribution in [1.82, 2.24) is 20.9 Å². The first-order valence-corrected chi connectivity index (χ1v) is 14.1. The minimum atomic E-state index is -1.14. The van der Waals surface area contributed by atoms with E-state index in [1.165, 1.54) is 11.8 Å². The molecule has 1 aromatic carbocycles. The van der Waals surface area contributed by atoms with E-state index >= 15 is 0 Å². The molecule has 37 heavy (non-hydrogen) atoms. The van der Waals surface area contributed by atoms with Crippen molar-refractivity contribution in [2.75, 3.05) is 17.8 Å². The van der Waals surface area contributed by atoms with Gasteiger partial charge in [-0.2, -0.15) is 24.4 Å². The molecule has 0 aliphatic carbocycles. The number of nitrogens with one attached hydrogen (secondary N) is 4. The number of carbonyl (C=O) groups excluding carboxylic acids is 3. The van der Waals surface area contributed by atoms with Crippen LogP contribution in [-0.4, -0.2) is 75.7 Å². The standard InChI is InChI=1S/C25H37N5O5S2/c1-14(2)10-20(25(34)35)29-23(32)19(8-9-37-3)28-24(33)21(13-36)30-22(31)17(26)11-15-12-27-18-7-5-4-6-16(15)18/h4-7,12,14,17,19-21,27,36H,8-11,13,26H2,1-3H3,(H,28,33)(H,29,32)(H,30,31)(H,34,35). The van der Waals surface area contributed by atoms with E-state index in [-0.39, 0.29) is 24.5 Å². The summed E-state index contributed by atoms with van der Waals surface area (Å²) in [6.07, 6.45) is 4.48. The number of carboxylic acid groups (broad SMARTS) is 1. The van der Waals surface area contributed by atoms with Gasteiger partial charge in [0.15, 0.2) is 0 Å². The van der Waals surface area contributed by atoms with Crippen molar-refractivity contribution in [2.24, 2.45) is 11.7 Å². The van der Waals surface area contributed by atoms with Crippen molar-refractivity contribution in [2.45, 2.75) is 57.3 Å². The molecule has 0 aliphatic rings. The molecule has 204 valence electrons. The second-order valence-corrected chi connectivity index (χ2v) is 10.6. The second-order valence-electron chi connectivity index (χ2n) is 9.29. The lowest BCUT2D eigenvalue weighted by atomic mass is 10.0. The summed E-state index contributed by atoms with van der Waals surface area (Å²) in [4.78, 5) is 53.4. The number of aromatic nitrogens is 1. The number of thioether (sulfide) groups is 1. The van der Waals surface area contributed by atoms with Crippen LogP contribution in [0.3, 0.4) is 0 Å². The summed E-state index contributed by atoms with van der Waals surface area (Å²) in [5.74, 6) is -2.24. The van der Waals surface area contributed by atoms with Gasteiger partial charge in [0.05, 0.1) is 6.04 Å². The zero-order chi connectivity index (χ0) is 27.5. The first-order chi connectivity index (χ1) is 17.6. The normalized spacial score (nSPS) is 14.5. The highest BCUT2D eigenvalue weighted by Gasteiger charge is 2.30. The van der Waals surface area contributed by atoms with Gasteiger partial charge in [-0.15, -0.1) is 0 Å². The van der Waals surface area contributed by atoms with Crippen LogP contribution in [0.15, 0.2) is 30.5 Å². The zero-order valence-corrected chi connectivity index (χ0v) is 23.0. The van der Waals surface area contributed by atoms with Crippen molar-refractivity contribution in [1.29, 1.82) is 0 Å². The number of thiol groups is 1. The van der Waals surface area contributed by atoms with E-state index in [9.17, 15) is 24.3 Å². The average molecular weight is 552 g/mol. The summed E-state index contributed by atoms with van der Waals surface area (Å²) >= 11 is 5.69. The molecule has 0 saturated heterocycles. The Balaban J connectivity index is 2.03. The minimum Gasteiger partial charge on any atom is -0.480 e. The molecule has 4 unspecified atom stereocenters. The van der Waals surface area contributed by atoms with Crippen LogP contribution >= 0.6 is 24.4 Å². The number of benzene rings is 1. The highest BCUT2D eigenvalue weighted by molar-refractivity contribution is 7.98. The molecule has 0 radical (unpaired) electrons. The third kappa shape index (κ3) is 9.28. The maximum absolute atomic E-state index is 13.0. The van der Waals surface area contributed by atoms with Crippen molar-refractivity contribution in [3.05, 3.63) is 36.0 Å². The second kappa shape index (κ2) is 14.9. The third-order valence-electron chi connectivity index (χ3n) is 5.83. The van der Waals surface area contributed by atoms with Crippen LogP contribution in [0.25, 0.3) is 10.9 Å². The minimum absolute atomic E-state index is 0.0145. The van der Waals surface area contributed by atoms with E-state index in [4.69, 9.17) is 5.73 Å². The van der Waals surface area contributed by atoms with Gasteiger partial charge in [-0.25, -0.2) is 4.79 Å². The summed E-state index contributed by atoms with van der Waals surface area (Å²) in [5.41, 5.74) is 7.95. The van der Waals surface area contributed by atoms with Crippen molar-refractivity contribution < 1.29 is 24.3 Å². The molecule has 0 aliphatic heterocycles. The maximum Gasteiger partial charge on any atom is 0.326 e. The van der Waals surface area contributed by atoms with Gasteiger partial charge in [-0.3, -0.25) is 14.4 Å². The molecule has 0 fully saturated rings. The Morgan fingerprint density at radius 2 is 1.65 bits per heavy atom. The van der Waals surface area contributed by atoms with Gasteiger partial charge in [-0.05, 0) is 48.8 Å². The number of carboxylic acids is 1. The Labute approximate surface area is 226 Å². The van der Waals surface area contributed by atoms with Gasteiger partial charge in [0.25, 0.3) is 0 Å². The highest BCUT2D eigenvalue weighted by Crippen LogP contribution is 2.18. The number of para-hydroxylation sites is 1. The van der Waals surface area contributed by atoms with Crippen LogP contribution in [0.1, 0.15) is 32.3 Å². The maximum atomic E-state index is 13.0. The van der Waals surface area contributed by atoms with E-state index in [2.05, 4.69) is 33.6 Å². The summed E-state index contributed by atoms with van der Waals surface area (Å²) < 4.78 is 0. The van der Waals surface area contributed by atoms with E-state index in [0.29, 0.717) is 12.2 Å². The van der Waals surface area contributed by atoms with Crippen molar-refractivity contribution >= 4 is 59.0 Å². The molecule has 4 atom stereocenters. The largest absolute Gasteiger partial charge is 0.480 e. The molecule has 3 amide bonds. The molecule has 10 nitrogen and oxygen atoms in total. The van der Waals surface area contributed by atoms with Gasteiger partial charge < -0.3 is 31.8 Å². The zero-order valence-electron chi connectivity index (χ0n) is 21.3. The van der Waals surface area contributed by atoms with E-state index in [1.54, 1.807) is 6.20 Å². The number of aromatic amines is 1. The van der Waals surface area contributed by atoms with Crippen molar-refractivity contribution in [3.63, 3.8) is 0 Å². The lowest BCUT2D eigenvalue weighted by molar-refractivity contribution is -0.142. The highest BCUT2D eigenvalue weighted by atomic mass is 32.2. The van der Waals surface area contributed by atoms with Gasteiger partial charge in [-0.1, -0.05) is 32.0 Å². The number of fused-ring (bicyclic) bond motifs is 1. The molecule has 7 N–H and O–H groups in total. The molecule has 2 rings (SSSR count). The number of hydrogen-bond donors (Lipinski definition) is 7. The Morgan fingerprint density at radius 1 is 1.03 bits per heavy atom. The van der Waals surface area contributed by atoms with Gasteiger partial charge in [0.2, 0.25) is 17.7 Å². The van der Waals surface area contributed by atoms with Crippen LogP contribution in [-0.2, 0) is 25.6 Å².